The first-order valence-electron chi connectivity index (χ1n) is 7.99. The lowest BCUT2D eigenvalue weighted by Crippen LogP contribution is -2.32. The van der Waals surface area contributed by atoms with Crippen LogP contribution in [-0.2, 0) is 16.1 Å². The molecule has 1 aromatic heterocycles. The van der Waals surface area contributed by atoms with E-state index in [1.54, 1.807) is 28.4 Å². The van der Waals surface area contributed by atoms with Gasteiger partial charge in [-0.2, -0.15) is 0 Å². The van der Waals surface area contributed by atoms with Gasteiger partial charge in [-0.15, -0.1) is 11.3 Å². The van der Waals surface area contributed by atoms with E-state index in [0.717, 1.165) is 16.4 Å². The van der Waals surface area contributed by atoms with Crippen molar-refractivity contribution >= 4 is 28.8 Å². The summed E-state index contributed by atoms with van der Waals surface area (Å²) in [6.07, 6.45) is 0.205. The molecule has 1 saturated heterocycles. The van der Waals surface area contributed by atoms with E-state index in [2.05, 4.69) is 10.3 Å². The van der Waals surface area contributed by atoms with Crippen LogP contribution in [0, 0.1) is 12.8 Å². The van der Waals surface area contributed by atoms with Crippen LogP contribution in [0.2, 0.25) is 0 Å². The molecule has 8 heteroatoms. The highest BCUT2D eigenvalue weighted by atomic mass is 32.1. The van der Waals surface area contributed by atoms with Gasteiger partial charge in [-0.25, -0.2) is 4.98 Å². The Morgan fingerprint density at radius 1 is 1.40 bits per heavy atom. The molecule has 130 valence electrons. The van der Waals surface area contributed by atoms with E-state index in [1.165, 1.54) is 0 Å². The van der Waals surface area contributed by atoms with Crippen LogP contribution < -0.4 is 19.7 Å². The average Bonchev–Trinajstić information content (AvgIpc) is 3.31. The number of thiazole rings is 1. The first-order valence-corrected chi connectivity index (χ1v) is 8.87. The fraction of sp³-hybridized carbons (Fsp3) is 0.353. The molecule has 25 heavy (non-hydrogen) atoms. The third kappa shape index (κ3) is 3.17. The summed E-state index contributed by atoms with van der Waals surface area (Å²) >= 11 is 1.55. The van der Waals surface area contributed by atoms with Crippen LogP contribution in [0.5, 0.6) is 11.5 Å². The molecule has 2 aliphatic heterocycles. The largest absolute Gasteiger partial charge is 0.454 e. The van der Waals surface area contributed by atoms with Gasteiger partial charge in [0.15, 0.2) is 11.5 Å². The molecule has 2 amide bonds. The SMILES string of the molecule is Cc1nc(CNC(=O)C2CC(=O)N(c3ccc4c(c3)OCO4)C2)cs1. The Bertz CT molecular complexity index is 835. The normalized spacial score (nSPS) is 18.7. The number of aromatic nitrogens is 1. The van der Waals surface area contributed by atoms with Crippen LogP contribution in [-0.4, -0.2) is 30.1 Å². The monoisotopic (exact) mass is 359 g/mol. The van der Waals surface area contributed by atoms with E-state index < -0.39 is 0 Å². The van der Waals surface area contributed by atoms with Crippen LogP contribution >= 0.6 is 11.3 Å². The minimum Gasteiger partial charge on any atom is -0.454 e. The number of anilines is 1. The number of carbonyl (C=O) groups excluding carboxylic acids is 2. The summed E-state index contributed by atoms with van der Waals surface area (Å²) in [5.41, 5.74) is 1.56. The highest BCUT2D eigenvalue weighted by molar-refractivity contribution is 7.09. The molecule has 1 N–H and O–H groups in total. The predicted molar refractivity (Wildman–Crippen MR) is 91.7 cm³/mol. The van der Waals surface area contributed by atoms with Gasteiger partial charge in [0.1, 0.15) is 0 Å². The molecular formula is C17H17N3O4S. The number of ether oxygens (including phenoxy) is 2. The summed E-state index contributed by atoms with van der Waals surface area (Å²) in [4.78, 5) is 30.7. The van der Waals surface area contributed by atoms with Crippen molar-refractivity contribution in [3.63, 3.8) is 0 Å². The summed E-state index contributed by atoms with van der Waals surface area (Å²) < 4.78 is 10.6. The predicted octanol–water partition coefficient (Wildman–Crippen LogP) is 1.85. The summed E-state index contributed by atoms with van der Waals surface area (Å²) in [5, 5.41) is 5.76. The number of carbonyl (C=O) groups is 2. The van der Waals surface area contributed by atoms with Gasteiger partial charge in [0.2, 0.25) is 18.6 Å². The second-order valence-electron chi connectivity index (χ2n) is 6.02. The Kier molecular flexibility index (Phi) is 4.04. The summed E-state index contributed by atoms with van der Waals surface area (Å²) in [6.45, 7) is 2.86. The van der Waals surface area contributed by atoms with Crippen LogP contribution in [0.3, 0.4) is 0 Å². The van der Waals surface area contributed by atoms with Crippen molar-refractivity contribution in [3.8, 4) is 11.5 Å². The minimum atomic E-state index is -0.363. The molecule has 4 rings (SSSR count). The van der Waals surface area contributed by atoms with Gasteiger partial charge in [0.25, 0.3) is 0 Å². The molecule has 2 aliphatic rings. The lowest BCUT2D eigenvalue weighted by atomic mass is 10.1. The average molecular weight is 359 g/mol. The van der Waals surface area contributed by atoms with Crippen molar-refractivity contribution in [2.75, 3.05) is 18.2 Å². The lowest BCUT2D eigenvalue weighted by molar-refractivity contribution is -0.126. The van der Waals surface area contributed by atoms with Gasteiger partial charge >= 0.3 is 0 Å². The quantitative estimate of drug-likeness (QED) is 0.901. The number of fused-ring (bicyclic) bond motifs is 1. The standard InChI is InChI=1S/C17H17N3O4S/c1-10-19-12(8-25-10)6-18-17(22)11-4-16(21)20(7-11)13-2-3-14-15(5-13)24-9-23-14/h2-3,5,8,11H,4,6-7,9H2,1H3,(H,18,22). The maximum Gasteiger partial charge on any atom is 0.231 e. The Morgan fingerprint density at radius 2 is 2.24 bits per heavy atom. The number of rotatable bonds is 4. The Balaban J connectivity index is 1.40. The first kappa shape index (κ1) is 15.9. The molecule has 0 bridgehead atoms. The number of hydrogen-bond acceptors (Lipinski definition) is 6. The Labute approximate surface area is 148 Å². The molecule has 0 saturated carbocycles. The van der Waals surface area contributed by atoms with E-state index >= 15 is 0 Å². The molecule has 2 aromatic rings. The number of nitrogens with one attached hydrogen (secondary N) is 1. The molecule has 0 aliphatic carbocycles. The summed E-state index contributed by atoms with van der Waals surface area (Å²) in [6, 6.07) is 5.37. The fourth-order valence-corrected chi connectivity index (χ4v) is 3.61. The smallest absolute Gasteiger partial charge is 0.231 e. The molecular weight excluding hydrogens is 342 g/mol. The molecule has 0 radical (unpaired) electrons. The molecule has 0 spiro atoms. The second kappa shape index (κ2) is 6.36. The topological polar surface area (TPSA) is 80.8 Å². The van der Waals surface area contributed by atoms with Crippen molar-refractivity contribution < 1.29 is 19.1 Å². The third-order valence-corrected chi connectivity index (χ3v) is 5.10. The van der Waals surface area contributed by atoms with Gasteiger partial charge in [0.05, 0.1) is 23.2 Å². The van der Waals surface area contributed by atoms with Crippen LogP contribution in [0.4, 0.5) is 5.69 Å². The van der Waals surface area contributed by atoms with Crippen molar-refractivity contribution in [1.82, 2.24) is 10.3 Å². The molecule has 7 nitrogen and oxygen atoms in total. The third-order valence-electron chi connectivity index (χ3n) is 4.27. The van der Waals surface area contributed by atoms with Crippen molar-refractivity contribution in [3.05, 3.63) is 34.3 Å². The highest BCUT2D eigenvalue weighted by Gasteiger charge is 2.35. The molecule has 3 heterocycles. The van der Waals surface area contributed by atoms with Crippen molar-refractivity contribution in [1.29, 1.82) is 0 Å². The van der Waals surface area contributed by atoms with Gasteiger partial charge in [-0.1, -0.05) is 0 Å². The van der Waals surface area contributed by atoms with E-state index in [-0.39, 0.29) is 30.9 Å². The molecule has 1 fully saturated rings. The summed E-state index contributed by atoms with van der Waals surface area (Å²) in [7, 11) is 0. The minimum absolute atomic E-state index is 0.0662. The zero-order chi connectivity index (χ0) is 17.4. The van der Waals surface area contributed by atoms with Gasteiger partial charge in [-0.3, -0.25) is 9.59 Å². The van der Waals surface area contributed by atoms with E-state index in [1.807, 2.05) is 18.4 Å². The number of amides is 2. The number of aryl methyl sites for hydroxylation is 1. The van der Waals surface area contributed by atoms with Gasteiger partial charge < -0.3 is 19.7 Å². The van der Waals surface area contributed by atoms with Crippen LogP contribution in [0.1, 0.15) is 17.1 Å². The van der Waals surface area contributed by atoms with Crippen LogP contribution in [0.25, 0.3) is 0 Å². The second-order valence-corrected chi connectivity index (χ2v) is 7.08. The van der Waals surface area contributed by atoms with Crippen LogP contribution in [0.15, 0.2) is 23.6 Å². The fourth-order valence-electron chi connectivity index (χ4n) is 3.00. The van der Waals surface area contributed by atoms with Crippen molar-refractivity contribution in [2.24, 2.45) is 5.92 Å². The van der Waals surface area contributed by atoms with E-state index in [4.69, 9.17) is 9.47 Å². The first-order chi connectivity index (χ1) is 12.1. The van der Waals surface area contributed by atoms with Gasteiger partial charge in [0, 0.05) is 30.1 Å². The van der Waals surface area contributed by atoms with E-state index in [0.29, 0.717) is 24.6 Å². The lowest BCUT2D eigenvalue weighted by Gasteiger charge is -2.17. The molecule has 1 aromatic carbocycles. The zero-order valence-corrected chi connectivity index (χ0v) is 14.5. The number of nitrogens with zero attached hydrogens (tertiary/aromatic N) is 2. The highest BCUT2D eigenvalue weighted by Crippen LogP contribution is 2.37. The zero-order valence-electron chi connectivity index (χ0n) is 13.7. The van der Waals surface area contributed by atoms with Gasteiger partial charge in [-0.05, 0) is 19.1 Å². The Morgan fingerprint density at radius 3 is 3.04 bits per heavy atom. The maximum absolute atomic E-state index is 12.4. The number of hydrogen-bond donors (Lipinski definition) is 1. The number of benzene rings is 1. The molecule has 1 atom stereocenters. The summed E-state index contributed by atoms with van der Waals surface area (Å²) in [5.74, 6) is 0.740. The van der Waals surface area contributed by atoms with Crippen molar-refractivity contribution in [2.45, 2.75) is 19.9 Å². The maximum atomic E-state index is 12.4. The Hall–Kier alpha value is -2.61. The van der Waals surface area contributed by atoms with E-state index in [9.17, 15) is 9.59 Å². The molecule has 1 unspecified atom stereocenters.